The molecule has 0 radical (unpaired) electrons. The van der Waals surface area contributed by atoms with Crippen LogP contribution in [0.2, 0.25) is 0 Å². The first kappa shape index (κ1) is 14.7. The molecule has 0 aliphatic rings. The van der Waals surface area contributed by atoms with Gasteiger partial charge in [-0.05, 0) is 6.07 Å². The zero-order valence-corrected chi connectivity index (χ0v) is 8.89. The SMILES string of the molecule is Nc1cc([N+](=O)[O-])c(O)c(S(=O)(=O)[O-])c1.[Li+]. The summed E-state index contributed by atoms with van der Waals surface area (Å²) in [6.07, 6.45) is 0. The van der Waals surface area contributed by atoms with E-state index >= 15 is 0 Å². The molecule has 0 atom stereocenters. The van der Waals surface area contributed by atoms with E-state index < -0.39 is 31.4 Å². The Bertz CT molecular complexity index is 528. The van der Waals surface area contributed by atoms with Crippen molar-refractivity contribution >= 4 is 21.5 Å². The first-order valence-corrected chi connectivity index (χ1v) is 4.87. The van der Waals surface area contributed by atoms with Crippen LogP contribution in [0.3, 0.4) is 0 Å². The van der Waals surface area contributed by atoms with Gasteiger partial charge in [0.2, 0.25) is 5.75 Å². The smallest absolute Gasteiger partial charge is 0.744 e. The van der Waals surface area contributed by atoms with E-state index in [2.05, 4.69) is 0 Å². The van der Waals surface area contributed by atoms with Crippen molar-refractivity contribution in [2.75, 3.05) is 5.73 Å². The van der Waals surface area contributed by atoms with E-state index in [4.69, 9.17) is 10.8 Å². The number of anilines is 1. The van der Waals surface area contributed by atoms with Gasteiger partial charge in [-0.1, -0.05) is 0 Å². The molecule has 82 valence electrons. The number of phenols is 1. The van der Waals surface area contributed by atoms with Crippen molar-refractivity contribution in [1.29, 1.82) is 0 Å². The molecular formula is C6H5LiN2O6S. The maximum absolute atomic E-state index is 10.6. The molecule has 3 N–H and O–H groups in total. The van der Waals surface area contributed by atoms with Crippen molar-refractivity contribution in [3.05, 3.63) is 22.2 Å². The number of hydrogen-bond acceptors (Lipinski definition) is 7. The zero-order valence-electron chi connectivity index (χ0n) is 8.08. The number of phenolic OH excluding ortho intramolecular Hbond substituents is 1. The Hall–Kier alpha value is -1.27. The van der Waals surface area contributed by atoms with Gasteiger partial charge in [0, 0.05) is 11.8 Å². The Kier molecular flexibility index (Phi) is 4.34. The van der Waals surface area contributed by atoms with Gasteiger partial charge < -0.3 is 15.4 Å². The molecule has 0 saturated carbocycles. The van der Waals surface area contributed by atoms with Crippen molar-refractivity contribution in [3.63, 3.8) is 0 Å². The second-order valence-corrected chi connectivity index (χ2v) is 3.95. The minimum Gasteiger partial charge on any atom is -0.744 e. The number of nitrogen functional groups attached to an aromatic ring is 1. The van der Waals surface area contributed by atoms with E-state index in [1.165, 1.54) is 0 Å². The molecule has 0 spiro atoms. The molecule has 1 rings (SSSR count). The van der Waals surface area contributed by atoms with Crippen LogP contribution in [0.5, 0.6) is 5.75 Å². The molecule has 0 heterocycles. The average molecular weight is 240 g/mol. The molecule has 0 aliphatic heterocycles. The fraction of sp³-hybridized carbons (Fsp3) is 0. The molecule has 1 aromatic rings. The average Bonchev–Trinajstić information content (AvgIpc) is 2.06. The van der Waals surface area contributed by atoms with Crippen molar-refractivity contribution in [2.45, 2.75) is 4.90 Å². The summed E-state index contributed by atoms with van der Waals surface area (Å²) in [7, 11) is -5.00. The Morgan fingerprint density at radius 2 is 1.88 bits per heavy atom. The summed E-state index contributed by atoms with van der Waals surface area (Å²) in [6.45, 7) is 0. The van der Waals surface area contributed by atoms with Crippen molar-refractivity contribution < 1.29 is 41.9 Å². The third-order valence-electron chi connectivity index (χ3n) is 1.54. The van der Waals surface area contributed by atoms with Gasteiger partial charge >= 0.3 is 24.5 Å². The Morgan fingerprint density at radius 3 is 2.25 bits per heavy atom. The van der Waals surface area contributed by atoms with E-state index in [0.29, 0.717) is 6.07 Å². The number of nitro benzene ring substituents is 1. The molecule has 8 nitrogen and oxygen atoms in total. The van der Waals surface area contributed by atoms with E-state index in [1.54, 1.807) is 0 Å². The van der Waals surface area contributed by atoms with Gasteiger partial charge in [-0.25, -0.2) is 8.42 Å². The standard InChI is InChI=1S/C6H6N2O6S.Li/c7-3-1-4(8(10)11)6(9)5(2-3)15(12,13)14;/h1-2,9H,7H2,(H,12,13,14);/q;+1/p-1. The van der Waals surface area contributed by atoms with E-state index in [-0.39, 0.29) is 24.5 Å². The fourth-order valence-corrected chi connectivity index (χ4v) is 1.57. The van der Waals surface area contributed by atoms with Crippen molar-refractivity contribution in [1.82, 2.24) is 0 Å². The monoisotopic (exact) mass is 240 g/mol. The normalized spacial score (nSPS) is 10.6. The quantitative estimate of drug-likeness (QED) is 0.138. The van der Waals surface area contributed by atoms with Crippen LogP contribution in [0.1, 0.15) is 0 Å². The summed E-state index contributed by atoms with van der Waals surface area (Å²) in [5.74, 6) is -1.20. The number of nitro groups is 1. The van der Waals surface area contributed by atoms with Gasteiger partial charge in [0.05, 0.1) is 4.92 Å². The molecule has 0 bridgehead atoms. The molecule has 0 amide bonds. The van der Waals surface area contributed by atoms with E-state index in [0.717, 1.165) is 6.07 Å². The molecule has 0 aromatic heterocycles. The fourth-order valence-electron chi connectivity index (χ4n) is 0.944. The molecule has 0 unspecified atom stereocenters. The first-order valence-electron chi connectivity index (χ1n) is 3.46. The minimum absolute atomic E-state index is 0. The third kappa shape index (κ3) is 2.86. The van der Waals surface area contributed by atoms with Crippen molar-refractivity contribution in [3.8, 4) is 5.75 Å². The second kappa shape index (κ2) is 4.71. The summed E-state index contributed by atoms with van der Waals surface area (Å²) in [5, 5.41) is 19.5. The molecule has 1 aromatic carbocycles. The predicted octanol–water partition coefficient (Wildman–Crippen LogP) is -3.21. The second-order valence-electron chi connectivity index (χ2n) is 2.60. The number of aromatic hydroxyl groups is 1. The zero-order chi connectivity index (χ0) is 11.8. The summed E-state index contributed by atoms with van der Waals surface area (Å²) < 4.78 is 31.8. The number of hydrogen-bond donors (Lipinski definition) is 2. The van der Waals surface area contributed by atoms with Gasteiger partial charge in [0.25, 0.3) is 0 Å². The van der Waals surface area contributed by atoms with Crippen LogP contribution < -0.4 is 24.6 Å². The van der Waals surface area contributed by atoms with Crippen LogP contribution in [0.4, 0.5) is 11.4 Å². The van der Waals surface area contributed by atoms with Crippen LogP contribution in [-0.4, -0.2) is 23.0 Å². The van der Waals surface area contributed by atoms with Crippen LogP contribution in [0.25, 0.3) is 0 Å². The predicted molar refractivity (Wildman–Crippen MR) is 47.1 cm³/mol. The van der Waals surface area contributed by atoms with Crippen LogP contribution >= 0.6 is 0 Å². The summed E-state index contributed by atoms with van der Waals surface area (Å²) in [6, 6.07) is 1.41. The maximum atomic E-state index is 10.6. The molecule has 0 saturated heterocycles. The van der Waals surface area contributed by atoms with Crippen LogP contribution in [0, 0.1) is 10.1 Å². The van der Waals surface area contributed by atoms with Crippen molar-refractivity contribution in [2.24, 2.45) is 0 Å². The van der Waals surface area contributed by atoms with Gasteiger partial charge in [0.1, 0.15) is 15.0 Å². The largest absolute Gasteiger partial charge is 1.00 e. The molecule has 0 fully saturated rings. The van der Waals surface area contributed by atoms with Gasteiger partial charge in [0.15, 0.2) is 0 Å². The summed E-state index contributed by atoms with van der Waals surface area (Å²) in [5.41, 5.74) is 3.92. The topological polar surface area (TPSA) is 147 Å². The number of rotatable bonds is 2. The molecule has 16 heavy (non-hydrogen) atoms. The third-order valence-corrected chi connectivity index (χ3v) is 2.39. The summed E-state index contributed by atoms with van der Waals surface area (Å²) >= 11 is 0. The molecule has 10 heteroatoms. The van der Waals surface area contributed by atoms with Gasteiger partial charge in [-0.15, -0.1) is 0 Å². The Morgan fingerprint density at radius 1 is 1.38 bits per heavy atom. The summed E-state index contributed by atoms with van der Waals surface area (Å²) in [4.78, 5) is 8.20. The van der Waals surface area contributed by atoms with Crippen LogP contribution in [-0.2, 0) is 10.1 Å². The molecular weight excluding hydrogens is 235 g/mol. The minimum atomic E-state index is -5.00. The Labute approximate surface area is 102 Å². The number of benzene rings is 1. The van der Waals surface area contributed by atoms with E-state index in [9.17, 15) is 23.1 Å². The maximum Gasteiger partial charge on any atom is 1.00 e. The van der Waals surface area contributed by atoms with Gasteiger partial charge in [-0.2, -0.15) is 0 Å². The van der Waals surface area contributed by atoms with Gasteiger partial charge in [-0.3, -0.25) is 10.1 Å². The molecule has 0 aliphatic carbocycles. The Balaban J connectivity index is 0.00000225. The number of nitrogens with two attached hydrogens (primary N) is 1. The van der Waals surface area contributed by atoms with E-state index in [1.807, 2.05) is 0 Å². The van der Waals surface area contributed by atoms with Crippen LogP contribution in [0.15, 0.2) is 17.0 Å². The first-order chi connectivity index (χ1) is 6.73. The number of nitrogens with zero attached hydrogens (tertiary/aromatic N) is 1.